The van der Waals surface area contributed by atoms with E-state index in [1.807, 2.05) is 0 Å². The van der Waals surface area contributed by atoms with E-state index in [1.54, 1.807) is 24.3 Å². The number of aliphatic hydroxyl groups excluding tert-OH is 1. The van der Waals surface area contributed by atoms with Gasteiger partial charge in [-0.05, 0) is 37.1 Å². The first kappa shape index (κ1) is 22.8. The van der Waals surface area contributed by atoms with Crippen molar-refractivity contribution in [2.75, 3.05) is 5.32 Å². The second-order valence-electron chi connectivity index (χ2n) is 7.24. The number of aliphatic hydroxyl groups is 1. The van der Waals surface area contributed by atoms with Crippen LogP contribution in [-0.4, -0.2) is 23.0 Å². The normalized spacial score (nSPS) is 19.4. The lowest BCUT2D eigenvalue weighted by molar-refractivity contribution is -0.171. The number of benzene rings is 2. The maximum Gasteiger partial charge on any atom is 0.347 e. The molecule has 1 amide bonds. The summed E-state index contributed by atoms with van der Waals surface area (Å²) in [6.07, 6.45) is -0.314. The van der Waals surface area contributed by atoms with Crippen LogP contribution >= 0.6 is 11.6 Å². The molecule has 0 heterocycles. The molecule has 31 heavy (non-hydrogen) atoms. The third kappa shape index (κ3) is 5.26. The number of ether oxygens (including phenoxy) is 1. The van der Waals surface area contributed by atoms with Crippen LogP contribution in [0.3, 0.4) is 0 Å². The summed E-state index contributed by atoms with van der Waals surface area (Å²) in [5, 5.41) is 13.0. The molecular weight excluding hydrogens is 432 g/mol. The number of amides is 1. The van der Waals surface area contributed by atoms with Crippen LogP contribution in [0.5, 0.6) is 0 Å². The molecule has 0 aliphatic heterocycles. The van der Waals surface area contributed by atoms with Gasteiger partial charge in [0.05, 0.1) is 28.1 Å². The fourth-order valence-corrected chi connectivity index (χ4v) is 3.82. The Morgan fingerprint density at radius 3 is 2.26 bits per heavy atom. The number of hydrogen-bond acceptors (Lipinski definition) is 5. The zero-order valence-corrected chi connectivity index (χ0v) is 17.1. The highest BCUT2D eigenvalue weighted by Crippen LogP contribution is 2.33. The van der Waals surface area contributed by atoms with E-state index in [-0.39, 0.29) is 6.42 Å². The first-order valence-corrected chi connectivity index (χ1v) is 10.1. The largest absolute Gasteiger partial charge is 0.391 e. The minimum absolute atomic E-state index is 0.289. The first-order chi connectivity index (χ1) is 14.8. The van der Waals surface area contributed by atoms with Crippen molar-refractivity contribution in [3.8, 4) is 0 Å². The Bertz CT molecular complexity index is 979. The molecule has 0 spiro atoms. The van der Waals surface area contributed by atoms with Crippen LogP contribution in [0.4, 0.5) is 14.5 Å². The Morgan fingerprint density at radius 1 is 1.00 bits per heavy atom. The van der Waals surface area contributed by atoms with Crippen molar-refractivity contribution in [2.24, 2.45) is 11.8 Å². The van der Waals surface area contributed by atoms with Gasteiger partial charge < -0.3 is 15.2 Å². The van der Waals surface area contributed by atoms with E-state index in [0.717, 1.165) is 18.2 Å². The minimum atomic E-state index is -2.32. The molecule has 0 saturated heterocycles. The molecule has 1 aliphatic rings. The highest BCUT2D eigenvalue weighted by Gasteiger charge is 2.39. The van der Waals surface area contributed by atoms with Gasteiger partial charge in [0.25, 0.3) is 0 Å². The number of rotatable bonds is 5. The van der Waals surface area contributed by atoms with E-state index >= 15 is 0 Å². The third-order valence-corrected chi connectivity index (χ3v) is 5.56. The van der Waals surface area contributed by atoms with Crippen molar-refractivity contribution >= 4 is 35.1 Å². The smallest absolute Gasteiger partial charge is 0.347 e. The van der Waals surface area contributed by atoms with Crippen LogP contribution in [0.15, 0.2) is 42.5 Å². The van der Waals surface area contributed by atoms with Gasteiger partial charge in [0.15, 0.2) is 6.10 Å². The Morgan fingerprint density at radius 2 is 1.61 bits per heavy atom. The van der Waals surface area contributed by atoms with Crippen molar-refractivity contribution in [3.05, 3.63) is 64.7 Å². The molecule has 3 rings (SSSR count). The van der Waals surface area contributed by atoms with Gasteiger partial charge in [0.2, 0.25) is 5.91 Å². The molecule has 2 unspecified atom stereocenters. The topological polar surface area (TPSA) is 92.7 Å². The molecule has 164 valence electrons. The van der Waals surface area contributed by atoms with Crippen molar-refractivity contribution in [2.45, 2.75) is 31.8 Å². The van der Waals surface area contributed by atoms with Crippen LogP contribution in [0.25, 0.3) is 0 Å². The molecule has 6 nitrogen and oxygen atoms in total. The lowest BCUT2D eigenvalue weighted by Crippen LogP contribution is -2.38. The number of esters is 2. The van der Waals surface area contributed by atoms with E-state index in [0.29, 0.717) is 30.0 Å². The lowest BCUT2D eigenvalue weighted by atomic mass is 9.78. The minimum Gasteiger partial charge on any atom is -0.391 e. The second-order valence-corrected chi connectivity index (χ2v) is 7.65. The number of anilines is 1. The summed E-state index contributed by atoms with van der Waals surface area (Å²) in [6, 6.07) is 9.41. The lowest BCUT2D eigenvalue weighted by Gasteiger charge is -2.29. The van der Waals surface area contributed by atoms with Gasteiger partial charge in [-0.25, -0.2) is 13.6 Å². The quantitative estimate of drug-likeness (QED) is 0.526. The van der Waals surface area contributed by atoms with Crippen molar-refractivity contribution in [1.82, 2.24) is 0 Å². The monoisotopic (exact) mass is 451 g/mol. The first-order valence-electron chi connectivity index (χ1n) is 9.72. The number of hydrogen-bond donors (Lipinski definition) is 2. The highest BCUT2D eigenvalue weighted by atomic mass is 35.5. The summed E-state index contributed by atoms with van der Waals surface area (Å²) in [5.74, 6) is -7.02. The molecule has 0 radical (unpaired) electrons. The summed E-state index contributed by atoms with van der Waals surface area (Å²) in [5.41, 5.74) is -0.523. The molecule has 1 aliphatic carbocycles. The summed E-state index contributed by atoms with van der Waals surface area (Å²) in [4.78, 5) is 37.5. The maximum absolute atomic E-state index is 13.8. The Labute approximate surface area is 182 Å². The summed E-state index contributed by atoms with van der Waals surface area (Å²) in [7, 11) is 0. The van der Waals surface area contributed by atoms with Crippen LogP contribution in [-0.2, 0) is 19.1 Å². The van der Waals surface area contributed by atoms with Gasteiger partial charge in [0.1, 0.15) is 11.6 Å². The highest BCUT2D eigenvalue weighted by molar-refractivity contribution is 6.33. The van der Waals surface area contributed by atoms with Crippen molar-refractivity contribution < 1.29 is 33.0 Å². The zero-order chi connectivity index (χ0) is 22.5. The summed E-state index contributed by atoms with van der Waals surface area (Å²) >= 11 is 6.05. The van der Waals surface area contributed by atoms with Gasteiger partial charge in [-0.1, -0.05) is 42.6 Å². The van der Waals surface area contributed by atoms with E-state index in [2.05, 4.69) is 5.32 Å². The SMILES string of the molecule is O=C(Nc1ccccc1Cl)C1CCCCC1C(=O)OC(=O)[C@H](O)c1c(F)cccc1F. The number of para-hydroxylation sites is 1. The van der Waals surface area contributed by atoms with Gasteiger partial charge >= 0.3 is 11.9 Å². The summed E-state index contributed by atoms with van der Waals surface area (Å²) in [6.45, 7) is 0. The molecular formula is C22H20ClF2NO5. The predicted octanol–water partition coefficient (Wildman–Crippen LogP) is 4.17. The Balaban J connectivity index is 1.70. The zero-order valence-electron chi connectivity index (χ0n) is 16.3. The van der Waals surface area contributed by atoms with Crippen LogP contribution in [0.1, 0.15) is 37.4 Å². The van der Waals surface area contributed by atoms with Crippen LogP contribution < -0.4 is 5.32 Å². The second kappa shape index (κ2) is 9.98. The molecule has 0 bridgehead atoms. The molecule has 3 atom stereocenters. The average Bonchev–Trinajstić information content (AvgIpc) is 2.75. The molecule has 1 saturated carbocycles. The number of nitrogens with one attached hydrogen (secondary N) is 1. The molecule has 0 aromatic heterocycles. The van der Waals surface area contributed by atoms with Gasteiger partial charge in [0, 0.05) is 0 Å². The number of carbonyl (C=O) groups is 3. The molecule has 2 aromatic rings. The van der Waals surface area contributed by atoms with Gasteiger partial charge in [-0.3, -0.25) is 9.59 Å². The number of halogens is 3. The Hall–Kier alpha value is -2.84. The standard InChI is InChI=1S/C22H20ClF2NO5/c23-14-8-3-4-11-17(14)26-20(28)12-6-1-2-7-13(12)21(29)31-22(30)19(27)18-15(24)9-5-10-16(18)25/h3-5,8-13,19,27H,1-2,6-7H2,(H,26,28)/t12?,13?,19-/m1/s1. The van der Waals surface area contributed by atoms with Crippen molar-refractivity contribution in [1.29, 1.82) is 0 Å². The average molecular weight is 452 g/mol. The van der Waals surface area contributed by atoms with E-state index < -0.39 is 53.0 Å². The van der Waals surface area contributed by atoms with E-state index in [1.165, 1.54) is 0 Å². The molecule has 1 fully saturated rings. The van der Waals surface area contributed by atoms with Crippen LogP contribution in [0.2, 0.25) is 5.02 Å². The van der Waals surface area contributed by atoms with E-state index in [9.17, 15) is 28.3 Å². The van der Waals surface area contributed by atoms with Gasteiger partial charge in [-0.15, -0.1) is 0 Å². The maximum atomic E-state index is 13.8. The molecule has 2 N–H and O–H groups in total. The van der Waals surface area contributed by atoms with Gasteiger partial charge in [-0.2, -0.15) is 0 Å². The van der Waals surface area contributed by atoms with E-state index in [4.69, 9.17) is 16.3 Å². The fraction of sp³-hybridized carbons (Fsp3) is 0.318. The summed E-state index contributed by atoms with van der Waals surface area (Å²) < 4.78 is 32.3. The predicted molar refractivity (Wildman–Crippen MR) is 108 cm³/mol. The molecule has 2 aromatic carbocycles. The number of carbonyl (C=O) groups excluding carboxylic acids is 3. The Kier molecular flexibility index (Phi) is 7.35. The molecule has 9 heteroatoms. The van der Waals surface area contributed by atoms with Crippen molar-refractivity contribution in [3.63, 3.8) is 0 Å². The van der Waals surface area contributed by atoms with Crippen LogP contribution in [0, 0.1) is 23.5 Å². The fourth-order valence-electron chi connectivity index (χ4n) is 3.64. The third-order valence-electron chi connectivity index (χ3n) is 5.23.